The van der Waals surface area contributed by atoms with Gasteiger partial charge in [-0.25, -0.2) is 9.69 Å². The van der Waals surface area contributed by atoms with E-state index in [9.17, 15) is 14.7 Å². The zero-order chi connectivity index (χ0) is 15.2. The lowest BCUT2D eigenvalue weighted by Gasteiger charge is -2.31. The first-order chi connectivity index (χ1) is 9.14. The number of hydrogen-bond donors (Lipinski definition) is 1. The van der Waals surface area contributed by atoms with Gasteiger partial charge in [0, 0.05) is 31.8 Å². The van der Waals surface area contributed by atoms with Crippen LogP contribution in [-0.4, -0.2) is 47.0 Å². The Morgan fingerprint density at radius 2 is 1.95 bits per heavy atom. The Kier molecular flexibility index (Phi) is 3.40. The molecule has 2 rings (SSSR count). The van der Waals surface area contributed by atoms with Crippen molar-refractivity contribution >= 4 is 12.0 Å². The van der Waals surface area contributed by atoms with E-state index in [1.165, 1.54) is 0 Å². The van der Waals surface area contributed by atoms with Gasteiger partial charge >= 0.3 is 6.09 Å². The summed E-state index contributed by atoms with van der Waals surface area (Å²) in [7, 11) is 3.68. The second kappa shape index (κ2) is 4.65. The third-order valence-electron chi connectivity index (χ3n) is 4.00. The summed E-state index contributed by atoms with van der Waals surface area (Å²) in [5, 5.41) is 9.30. The molecule has 1 saturated heterocycles. The Balaban J connectivity index is 2.48. The molecule has 0 radical (unpaired) electrons. The Hall–Kier alpha value is -1.78. The average molecular weight is 278 g/mol. The number of rotatable bonds is 1. The molecule has 2 amide bonds. The molecule has 20 heavy (non-hydrogen) atoms. The van der Waals surface area contributed by atoms with Crippen LogP contribution in [0.2, 0.25) is 0 Å². The van der Waals surface area contributed by atoms with Crippen molar-refractivity contribution in [3.05, 3.63) is 23.9 Å². The van der Waals surface area contributed by atoms with Gasteiger partial charge in [0.2, 0.25) is 0 Å². The molecule has 1 N–H and O–H groups in total. The molecule has 0 bridgehead atoms. The zero-order valence-corrected chi connectivity index (χ0v) is 12.6. The molecule has 3 atom stereocenters. The minimum atomic E-state index is -1.17. The Labute approximate surface area is 119 Å². The zero-order valence-electron chi connectivity index (χ0n) is 12.6. The molecule has 2 aliphatic rings. The number of imide groups is 1. The van der Waals surface area contributed by atoms with Crippen molar-refractivity contribution in [3.63, 3.8) is 0 Å². The standard InChI is InChI=1S/C15H22N2O3/c1-15(2,3)10-6-7-11-12(10)9(8-16(4)5)13(18)17(11)14(19)20/h6-8,10-12H,1-5H3,(H,19,20). The second-order valence-corrected chi connectivity index (χ2v) is 6.80. The van der Waals surface area contributed by atoms with Gasteiger partial charge in [-0.2, -0.15) is 0 Å². The number of fused-ring (bicyclic) bond motifs is 1. The van der Waals surface area contributed by atoms with Gasteiger partial charge in [0.15, 0.2) is 0 Å². The SMILES string of the molecule is CN(C)C=C1C(=O)N(C(=O)O)C2C=CC(C(C)(C)C)C12. The fourth-order valence-electron chi connectivity index (χ4n) is 3.19. The van der Waals surface area contributed by atoms with E-state index in [1.54, 1.807) is 11.1 Å². The minimum Gasteiger partial charge on any atom is -0.465 e. The number of carboxylic acid groups (broad SMARTS) is 1. The maximum Gasteiger partial charge on any atom is 0.414 e. The first-order valence-electron chi connectivity index (χ1n) is 6.77. The number of likely N-dealkylation sites (tertiary alicyclic amines) is 1. The number of carbonyl (C=O) groups excluding carboxylic acids is 1. The van der Waals surface area contributed by atoms with Gasteiger partial charge in [-0.1, -0.05) is 32.9 Å². The quantitative estimate of drug-likeness (QED) is 0.590. The molecule has 110 valence electrons. The third-order valence-corrected chi connectivity index (χ3v) is 4.00. The number of hydrogen-bond acceptors (Lipinski definition) is 3. The van der Waals surface area contributed by atoms with E-state index >= 15 is 0 Å². The Morgan fingerprint density at radius 3 is 2.40 bits per heavy atom. The van der Waals surface area contributed by atoms with E-state index in [1.807, 2.05) is 20.2 Å². The molecular weight excluding hydrogens is 256 g/mol. The van der Waals surface area contributed by atoms with Gasteiger partial charge < -0.3 is 10.0 Å². The number of nitrogens with zero attached hydrogens (tertiary/aromatic N) is 2. The van der Waals surface area contributed by atoms with E-state index in [0.717, 1.165) is 4.90 Å². The molecule has 0 saturated carbocycles. The van der Waals surface area contributed by atoms with Crippen molar-refractivity contribution in [1.82, 2.24) is 9.80 Å². The summed E-state index contributed by atoms with van der Waals surface area (Å²) in [5.74, 6) is -0.312. The van der Waals surface area contributed by atoms with Gasteiger partial charge in [0.05, 0.1) is 6.04 Å². The van der Waals surface area contributed by atoms with E-state index in [0.29, 0.717) is 5.57 Å². The van der Waals surface area contributed by atoms with Crippen molar-refractivity contribution in [2.24, 2.45) is 17.3 Å². The van der Waals surface area contributed by atoms with Crippen molar-refractivity contribution in [2.75, 3.05) is 14.1 Å². The summed E-state index contributed by atoms with van der Waals surface area (Å²) in [6.45, 7) is 6.35. The van der Waals surface area contributed by atoms with Gasteiger partial charge in [-0.15, -0.1) is 0 Å². The molecule has 1 aliphatic carbocycles. The van der Waals surface area contributed by atoms with Crippen molar-refractivity contribution in [3.8, 4) is 0 Å². The fraction of sp³-hybridized carbons (Fsp3) is 0.600. The normalized spacial score (nSPS) is 31.1. The predicted octanol–water partition coefficient (Wildman–Crippen LogP) is 2.17. The topological polar surface area (TPSA) is 60.9 Å². The van der Waals surface area contributed by atoms with Crippen LogP contribution in [0.1, 0.15) is 20.8 Å². The van der Waals surface area contributed by atoms with Crippen molar-refractivity contribution in [2.45, 2.75) is 26.8 Å². The fourth-order valence-corrected chi connectivity index (χ4v) is 3.19. The molecule has 3 unspecified atom stereocenters. The van der Waals surface area contributed by atoms with E-state index in [4.69, 9.17) is 0 Å². The van der Waals surface area contributed by atoms with Crippen LogP contribution in [0.25, 0.3) is 0 Å². The summed E-state index contributed by atoms with van der Waals surface area (Å²) in [4.78, 5) is 26.5. The van der Waals surface area contributed by atoms with Crippen LogP contribution in [0, 0.1) is 17.3 Å². The Bertz CT molecular complexity index is 500. The minimum absolute atomic E-state index is 0.0177. The maximum absolute atomic E-state index is 12.4. The second-order valence-electron chi connectivity index (χ2n) is 6.80. The van der Waals surface area contributed by atoms with Crippen LogP contribution in [0.4, 0.5) is 4.79 Å². The van der Waals surface area contributed by atoms with Crippen molar-refractivity contribution < 1.29 is 14.7 Å². The van der Waals surface area contributed by atoms with Crippen LogP contribution >= 0.6 is 0 Å². The monoisotopic (exact) mass is 278 g/mol. The summed E-state index contributed by atoms with van der Waals surface area (Å²) < 4.78 is 0. The summed E-state index contributed by atoms with van der Waals surface area (Å²) in [6.07, 6.45) is 4.50. The highest BCUT2D eigenvalue weighted by Gasteiger charge is 2.53. The summed E-state index contributed by atoms with van der Waals surface area (Å²) in [6, 6.07) is -0.365. The third kappa shape index (κ3) is 2.21. The van der Waals surface area contributed by atoms with Gasteiger partial charge in [0.25, 0.3) is 5.91 Å². The van der Waals surface area contributed by atoms with E-state index in [2.05, 4.69) is 26.8 Å². The van der Waals surface area contributed by atoms with Gasteiger partial charge in [0.1, 0.15) is 0 Å². The van der Waals surface area contributed by atoms with Crippen LogP contribution in [0.5, 0.6) is 0 Å². The van der Waals surface area contributed by atoms with E-state index < -0.39 is 6.09 Å². The lowest BCUT2D eigenvalue weighted by molar-refractivity contribution is -0.123. The lowest BCUT2D eigenvalue weighted by atomic mass is 9.72. The molecule has 5 nitrogen and oxygen atoms in total. The molecular formula is C15H22N2O3. The molecule has 0 aromatic heterocycles. The van der Waals surface area contributed by atoms with E-state index in [-0.39, 0.29) is 29.2 Å². The highest BCUT2D eigenvalue weighted by atomic mass is 16.4. The molecule has 0 spiro atoms. The molecule has 1 aliphatic heterocycles. The number of amides is 2. The highest BCUT2D eigenvalue weighted by Crippen LogP contribution is 2.48. The van der Waals surface area contributed by atoms with Crippen LogP contribution in [0.15, 0.2) is 23.9 Å². The van der Waals surface area contributed by atoms with Crippen LogP contribution in [0.3, 0.4) is 0 Å². The first kappa shape index (κ1) is 14.6. The highest BCUT2D eigenvalue weighted by molar-refractivity contribution is 6.05. The van der Waals surface area contributed by atoms with Gasteiger partial charge in [-0.05, 0) is 11.3 Å². The summed E-state index contributed by atoms with van der Waals surface area (Å²) in [5.41, 5.74) is 0.572. The maximum atomic E-state index is 12.4. The van der Waals surface area contributed by atoms with Gasteiger partial charge in [-0.3, -0.25) is 4.79 Å². The van der Waals surface area contributed by atoms with Crippen LogP contribution < -0.4 is 0 Å². The Morgan fingerprint density at radius 1 is 1.35 bits per heavy atom. The average Bonchev–Trinajstić information content (AvgIpc) is 2.77. The van der Waals surface area contributed by atoms with Crippen molar-refractivity contribution in [1.29, 1.82) is 0 Å². The molecule has 0 aromatic rings. The first-order valence-corrected chi connectivity index (χ1v) is 6.77. The van der Waals surface area contributed by atoms with Crippen LogP contribution in [-0.2, 0) is 4.79 Å². The predicted molar refractivity (Wildman–Crippen MR) is 76.0 cm³/mol. The molecule has 1 fully saturated rings. The largest absolute Gasteiger partial charge is 0.465 e. The molecule has 1 heterocycles. The summed E-state index contributed by atoms with van der Waals surface area (Å²) >= 11 is 0. The molecule has 5 heteroatoms. The molecule has 0 aromatic carbocycles. The number of carbonyl (C=O) groups is 2. The number of allylic oxidation sites excluding steroid dienone is 1. The smallest absolute Gasteiger partial charge is 0.414 e. The lowest BCUT2D eigenvalue weighted by Crippen LogP contribution is -2.38.